The minimum Gasteiger partial charge on any atom is -0.444 e. The molecule has 0 spiro atoms. The maximum absolute atomic E-state index is 12.4. The molecule has 0 radical (unpaired) electrons. The first-order valence-electron chi connectivity index (χ1n) is 8.08. The highest BCUT2D eigenvalue weighted by molar-refractivity contribution is 5.98. The lowest BCUT2D eigenvalue weighted by molar-refractivity contribution is 0.0525. The second-order valence-electron chi connectivity index (χ2n) is 7.04. The van der Waals surface area contributed by atoms with Crippen LogP contribution in [-0.2, 0) is 4.74 Å². The van der Waals surface area contributed by atoms with E-state index in [1.807, 2.05) is 53.1 Å². The molecule has 0 aromatic carbocycles. The molecule has 1 N–H and O–H groups in total. The van der Waals surface area contributed by atoms with E-state index in [1.54, 1.807) is 0 Å². The normalized spacial score (nSPS) is 11.7. The van der Waals surface area contributed by atoms with Crippen molar-refractivity contribution in [3.8, 4) is 0 Å². The summed E-state index contributed by atoms with van der Waals surface area (Å²) in [6, 6.07) is 0.226. The van der Waals surface area contributed by atoms with Gasteiger partial charge in [-0.3, -0.25) is 9.48 Å². The highest BCUT2D eigenvalue weighted by atomic mass is 16.6. The number of ether oxygens (including phenoxy) is 1. The molecule has 0 aliphatic heterocycles. The van der Waals surface area contributed by atoms with Crippen LogP contribution in [0.5, 0.6) is 0 Å². The first kappa shape index (κ1) is 19.2. The second-order valence-corrected chi connectivity index (χ2v) is 7.04. The predicted molar refractivity (Wildman–Crippen MR) is 89.9 cm³/mol. The topological polar surface area (TPSA) is 73.2 Å². The predicted octanol–water partition coefficient (Wildman–Crippen LogP) is 3.57. The van der Waals surface area contributed by atoms with Crippen LogP contribution in [0.4, 0.5) is 4.79 Å². The van der Waals surface area contributed by atoms with Gasteiger partial charge in [-0.1, -0.05) is 0 Å². The maximum atomic E-state index is 12.4. The number of rotatable bonds is 6. The smallest absolute Gasteiger partial charge is 0.407 e. The summed E-state index contributed by atoms with van der Waals surface area (Å²) >= 11 is 0. The number of aromatic nitrogens is 2. The summed E-state index contributed by atoms with van der Waals surface area (Å²) in [5, 5.41) is 7.10. The Kier molecular flexibility index (Phi) is 6.36. The largest absolute Gasteiger partial charge is 0.444 e. The molecule has 23 heavy (non-hydrogen) atoms. The van der Waals surface area contributed by atoms with Crippen molar-refractivity contribution in [1.82, 2.24) is 15.1 Å². The van der Waals surface area contributed by atoms with Crippen molar-refractivity contribution in [2.45, 2.75) is 73.0 Å². The lowest BCUT2D eigenvalue weighted by atomic mass is 10.0. The van der Waals surface area contributed by atoms with Crippen LogP contribution in [0.3, 0.4) is 0 Å². The number of nitrogens with one attached hydrogen (secondary N) is 1. The van der Waals surface area contributed by atoms with E-state index in [-0.39, 0.29) is 11.8 Å². The van der Waals surface area contributed by atoms with Gasteiger partial charge in [0.2, 0.25) is 0 Å². The summed E-state index contributed by atoms with van der Waals surface area (Å²) in [5.74, 6) is 0.0675. The Morgan fingerprint density at radius 2 is 1.87 bits per heavy atom. The Labute approximate surface area is 138 Å². The Hall–Kier alpha value is -1.85. The molecular weight excluding hydrogens is 294 g/mol. The van der Waals surface area contributed by atoms with Gasteiger partial charge in [-0.25, -0.2) is 4.79 Å². The molecule has 0 aliphatic rings. The third-order valence-corrected chi connectivity index (χ3v) is 3.34. The summed E-state index contributed by atoms with van der Waals surface area (Å²) < 4.78 is 7.03. The van der Waals surface area contributed by atoms with Gasteiger partial charge < -0.3 is 10.1 Å². The first-order valence-corrected chi connectivity index (χ1v) is 8.08. The molecule has 0 atom stereocenters. The summed E-state index contributed by atoms with van der Waals surface area (Å²) in [4.78, 5) is 23.9. The lowest BCUT2D eigenvalue weighted by Crippen LogP contribution is -2.33. The number of ketones is 1. The number of aryl methyl sites for hydroxylation is 1. The zero-order valence-corrected chi connectivity index (χ0v) is 15.3. The van der Waals surface area contributed by atoms with E-state index >= 15 is 0 Å². The van der Waals surface area contributed by atoms with E-state index in [9.17, 15) is 9.59 Å². The second kappa shape index (κ2) is 7.62. The van der Waals surface area contributed by atoms with Crippen molar-refractivity contribution in [2.24, 2.45) is 0 Å². The number of Topliss-reactive ketones (excluding diaryl/α,β-unsaturated/α-hetero) is 1. The van der Waals surface area contributed by atoms with Crippen LogP contribution in [0.25, 0.3) is 0 Å². The van der Waals surface area contributed by atoms with E-state index in [4.69, 9.17) is 4.74 Å². The molecule has 6 heteroatoms. The summed E-state index contributed by atoms with van der Waals surface area (Å²) in [6.07, 6.45) is 0.496. The average molecular weight is 323 g/mol. The SMILES string of the molecule is Cc1nn(C(C)C)c(C)c1C(=O)CCCNC(=O)OC(C)(C)C. The lowest BCUT2D eigenvalue weighted by Gasteiger charge is -2.19. The molecule has 1 aromatic heterocycles. The standard InChI is InChI=1S/C17H29N3O3/c1-11(2)20-13(4)15(12(3)19-20)14(21)9-8-10-18-16(22)23-17(5,6)7/h11H,8-10H2,1-7H3,(H,18,22). The number of carbonyl (C=O) groups is 2. The number of hydrogen-bond acceptors (Lipinski definition) is 4. The molecule has 130 valence electrons. The van der Waals surface area contributed by atoms with E-state index in [1.165, 1.54) is 0 Å². The molecule has 6 nitrogen and oxygen atoms in total. The molecule has 0 aliphatic carbocycles. The van der Waals surface area contributed by atoms with Gasteiger partial charge in [-0.05, 0) is 54.9 Å². The Morgan fingerprint density at radius 1 is 1.26 bits per heavy atom. The van der Waals surface area contributed by atoms with Gasteiger partial charge in [-0.2, -0.15) is 5.10 Å². The minimum absolute atomic E-state index is 0.0675. The molecule has 0 saturated carbocycles. The molecule has 1 rings (SSSR count). The summed E-state index contributed by atoms with van der Waals surface area (Å²) in [7, 11) is 0. The molecule has 0 fully saturated rings. The van der Waals surface area contributed by atoms with Gasteiger partial charge in [0.05, 0.1) is 11.3 Å². The third-order valence-electron chi connectivity index (χ3n) is 3.34. The zero-order chi connectivity index (χ0) is 17.8. The maximum Gasteiger partial charge on any atom is 0.407 e. The number of carbonyl (C=O) groups excluding carboxylic acids is 2. The van der Waals surface area contributed by atoms with Crippen LogP contribution in [0.15, 0.2) is 0 Å². The van der Waals surface area contributed by atoms with E-state index in [2.05, 4.69) is 10.4 Å². The summed E-state index contributed by atoms with van der Waals surface area (Å²) in [5.41, 5.74) is 1.86. The zero-order valence-electron chi connectivity index (χ0n) is 15.3. The van der Waals surface area contributed by atoms with Crippen molar-refractivity contribution in [1.29, 1.82) is 0 Å². The van der Waals surface area contributed by atoms with Crippen LogP contribution in [0.2, 0.25) is 0 Å². The monoisotopic (exact) mass is 323 g/mol. The van der Waals surface area contributed by atoms with E-state index in [0.29, 0.717) is 24.9 Å². The van der Waals surface area contributed by atoms with Crippen molar-refractivity contribution >= 4 is 11.9 Å². The van der Waals surface area contributed by atoms with Gasteiger partial charge in [0.15, 0.2) is 5.78 Å². The van der Waals surface area contributed by atoms with Gasteiger partial charge in [0.1, 0.15) is 5.60 Å². The van der Waals surface area contributed by atoms with Crippen molar-refractivity contribution in [3.05, 3.63) is 17.0 Å². The van der Waals surface area contributed by atoms with Crippen LogP contribution in [-0.4, -0.2) is 33.8 Å². The van der Waals surface area contributed by atoms with Crippen molar-refractivity contribution in [2.75, 3.05) is 6.54 Å². The molecule has 1 amide bonds. The van der Waals surface area contributed by atoms with Crippen molar-refractivity contribution in [3.63, 3.8) is 0 Å². The first-order chi connectivity index (χ1) is 10.5. The average Bonchev–Trinajstić information content (AvgIpc) is 2.68. The van der Waals surface area contributed by atoms with E-state index in [0.717, 1.165) is 11.4 Å². The fraction of sp³-hybridized carbons (Fsp3) is 0.706. The van der Waals surface area contributed by atoms with Crippen LogP contribution >= 0.6 is 0 Å². The molecule has 0 unspecified atom stereocenters. The Bertz CT molecular complexity index is 568. The van der Waals surface area contributed by atoms with Crippen molar-refractivity contribution < 1.29 is 14.3 Å². The molecule has 0 saturated heterocycles. The summed E-state index contributed by atoms with van der Waals surface area (Å²) in [6.45, 7) is 13.7. The molecule has 1 aromatic rings. The minimum atomic E-state index is -0.514. The molecular formula is C17H29N3O3. The van der Waals surface area contributed by atoms with Gasteiger partial charge >= 0.3 is 6.09 Å². The van der Waals surface area contributed by atoms with Crippen LogP contribution < -0.4 is 5.32 Å². The Balaban J connectivity index is 2.51. The number of amides is 1. The molecule has 0 bridgehead atoms. The number of alkyl carbamates (subject to hydrolysis) is 1. The van der Waals surface area contributed by atoms with Gasteiger partial charge in [0.25, 0.3) is 0 Å². The highest BCUT2D eigenvalue weighted by Crippen LogP contribution is 2.19. The number of nitrogens with zero attached hydrogens (tertiary/aromatic N) is 2. The van der Waals surface area contributed by atoms with Crippen LogP contribution in [0, 0.1) is 13.8 Å². The fourth-order valence-corrected chi connectivity index (χ4v) is 2.45. The quantitative estimate of drug-likeness (QED) is 0.641. The highest BCUT2D eigenvalue weighted by Gasteiger charge is 2.20. The molecule has 1 heterocycles. The fourth-order valence-electron chi connectivity index (χ4n) is 2.45. The van der Waals surface area contributed by atoms with Gasteiger partial charge in [-0.15, -0.1) is 0 Å². The number of hydrogen-bond donors (Lipinski definition) is 1. The van der Waals surface area contributed by atoms with Gasteiger partial charge in [0, 0.05) is 24.7 Å². The van der Waals surface area contributed by atoms with E-state index < -0.39 is 11.7 Å². The third kappa shape index (κ3) is 5.69. The van der Waals surface area contributed by atoms with Crippen LogP contribution in [0.1, 0.15) is 75.2 Å². The Morgan fingerprint density at radius 3 is 2.35 bits per heavy atom.